The van der Waals surface area contributed by atoms with Crippen molar-refractivity contribution in [2.75, 3.05) is 34.3 Å². The molecular formula is C10H21BrN2O2. The molecule has 0 bridgehead atoms. The summed E-state index contributed by atoms with van der Waals surface area (Å²) in [6.07, 6.45) is 0. The largest absolute Gasteiger partial charge is 0.468 e. The van der Waals surface area contributed by atoms with E-state index in [-0.39, 0.29) is 16.3 Å². The van der Waals surface area contributed by atoms with Gasteiger partial charge in [-0.3, -0.25) is 4.79 Å². The van der Waals surface area contributed by atoms with Crippen molar-refractivity contribution in [2.24, 2.45) is 0 Å². The minimum atomic E-state index is -0.277. The maximum Gasteiger partial charge on any atom is 0.320 e. The van der Waals surface area contributed by atoms with Crippen molar-refractivity contribution >= 4 is 21.9 Å². The maximum atomic E-state index is 11.1. The number of nitrogens with zero attached hydrogens (tertiary/aromatic N) is 1. The maximum absolute atomic E-state index is 11.1. The Morgan fingerprint density at radius 2 is 2.07 bits per heavy atom. The van der Waals surface area contributed by atoms with E-state index < -0.39 is 0 Å². The number of alkyl halides is 1. The van der Waals surface area contributed by atoms with Gasteiger partial charge in [0, 0.05) is 18.6 Å². The minimum absolute atomic E-state index is 0.0723. The molecule has 0 fully saturated rings. The van der Waals surface area contributed by atoms with Crippen LogP contribution in [0.15, 0.2) is 0 Å². The highest BCUT2D eigenvalue weighted by Gasteiger charge is 2.21. The van der Waals surface area contributed by atoms with E-state index in [0.29, 0.717) is 6.54 Å². The zero-order valence-electron chi connectivity index (χ0n) is 10.1. The zero-order chi connectivity index (χ0) is 12.1. The SMILES string of the molecule is COC(=O)C(Br)CNCC(C)(C)N(C)C. The Bertz CT molecular complexity index is 208. The second kappa shape index (κ2) is 6.45. The molecule has 0 saturated heterocycles. The molecule has 0 aromatic carbocycles. The Kier molecular flexibility index (Phi) is 6.40. The topological polar surface area (TPSA) is 41.6 Å². The molecule has 0 aliphatic carbocycles. The van der Waals surface area contributed by atoms with Crippen LogP contribution >= 0.6 is 15.9 Å². The number of halogens is 1. The van der Waals surface area contributed by atoms with Crippen LogP contribution in [0.1, 0.15) is 13.8 Å². The van der Waals surface area contributed by atoms with Crippen LogP contribution in [-0.2, 0) is 9.53 Å². The molecule has 0 rings (SSSR count). The Morgan fingerprint density at radius 3 is 2.47 bits per heavy atom. The molecule has 1 atom stereocenters. The predicted octanol–water partition coefficient (Wildman–Crippen LogP) is 0.853. The van der Waals surface area contributed by atoms with Gasteiger partial charge >= 0.3 is 5.97 Å². The first-order chi connectivity index (χ1) is 6.81. The zero-order valence-corrected chi connectivity index (χ0v) is 11.7. The summed E-state index contributed by atoms with van der Waals surface area (Å²) in [6, 6.07) is 0. The summed E-state index contributed by atoms with van der Waals surface area (Å²) in [6.45, 7) is 5.67. The Hall–Kier alpha value is -0.130. The summed E-state index contributed by atoms with van der Waals surface area (Å²) in [7, 11) is 5.46. The standard InChI is InChI=1S/C10H21BrN2O2/c1-10(2,13(3)4)7-12-6-8(11)9(14)15-5/h8,12H,6-7H2,1-5H3. The second-order valence-corrected chi connectivity index (χ2v) is 5.43. The molecule has 0 aliphatic heterocycles. The van der Waals surface area contributed by atoms with E-state index in [4.69, 9.17) is 0 Å². The lowest BCUT2D eigenvalue weighted by molar-refractivity contribution is -0.139. The lowest BCUT2D eigenvalue weighted by Gasteiger charge is -2.33. The average Bonchev–Trinajstić information content (AvgIpc) is 2.15. The molecule has 0 radical (unpaired) electrons. The molecule has 1 N–H and O–H groups in total. The molecule has 0 amide bonds. The first-order valence-electron chi connectivity index (χ1n) is 4.91. The molecule has 0 aromatic heterocycles. The van der Waals surface area contributed by atoms with Gasteiger partial charge in [-0.2, -0.15) is 0 Å². The van der Waals surface area contributed by atoms with Crippen molar-refractivity contribution in [3.8, 4) is 0 Å². The van der Waals surface area contributed by atoms with Gasteiger partial charge in [0.1, 0.15) is 4.83 Å². The highest BCUT2D eigenvalue weighted by Crippen LogP contribution is 2.08. The summed E-state index contributed by atoms with van der Waals surface area (Å²) >= 11 is 3.26. The van der Waals surface area contributed by atoms with Gasteiger partial charge in [0.2, 0.25) is 0 Å². The number of carbonyl (C=O) groups is 1. The minimum Gasteiger partial charge on any atom is -0.468 e. The van der Waals surface area contributed by atoms with Gasteiger partial charge in [-0.15, -0.1) is 0 Å². The van der Waals surface area contributed by atoms with E-state index in [1.165, 1.54) is 7.11 Å². The summed E-state index contributed by atoms with van der Waals surface area (Å²) in [5.41, 5.74) is 0.0723. The summed E-state index contributed by atoms with van der Waals surface area (Å²) in [4.78, 5) is 12.9. The number of hydrogen-bond acceptors (Lipinski definition) is 4. The van der Waals surface area contributed by atoms with E-state index in [9.17, 15) is 4.79 Å². The van der Waals surface area contributed by atoms with Crippen LogP contribution in [0.5, 0.6) is 0 Å². The summed E-state index contributed by atoms with van der Waals surface area (Å²) < 4.78 is 4.61. The fraction of sp³-hybridized carbons (Fsp3) is 0.900. The van der Waals surface area contributed by atoms with E-state index in [1.807, 2.05) is 14.1 Å². The third kappa shape index (κ3) is 5.49. The van der Waals surface area contributed by atoms with Crippen LogP contribution in [0.4, 0.5) is 0 Å². The van der Waals surface area contributed by atoms with Gasteiger partial charge in [0.05, 0.1) is 7.11 Å². The van der Waals surface area contributed by atoms with E-state index >= 15 is 0 Å². The Balaban J connectivity index is 3.84. The Labute approximate surface area is 100 Å². The van der Waals surface area contributed by atoms with Crippen LogP contribution < -0.4 is 5.32 Å². The summed E-state index contributed by atoms with van der Waals surface area (Å²) in [5, 5.41) is 3.23. The van der Waals surface area contributed by atoms with E-state index in [1.54, 1.807) is 0 Å². The molecule has 0 saturated carbocycles. The predicted molar refractivity (Wildman–Crippen MR) is 65.4 cm³/mol. The van der Waals surface area contributed by atoms with Crippen molar-refractivity contribution in [3.63, 3.8) is 0 Å². The highest BCUT2D eigenvalue weighted by molar-refractivity contribution is 9.10. The van der Waals surface area contributed by atoms with Gasteiger partial charge in [0.25, 0.3) is 0 Å². The van der Waals surface area contributed by atoms with E-state index in [0.717, 1.165) is 6.54 Å². The first-order valence-corrected chi connectivity index (χ1v) is 5.83. The monoisotopic (exact) mass is 280 g/mol. The van der Waals surface area contributed by atoms with Crippen LogP contribution in [0.3, 0.4) is 0 Å². The van der Waals surface area contributed by atoms with Crippen LogP contribution in [0.2, 0.25) is 0 Å². The van der Waals surface area contributed by atoms with Gasteiger partial charge in [-0.05, 0) is 27.9 Å². The number of ether oxygens (including phenoxy) is 1. The molecule has 4 nitrogen and oxygen atoms in total. The fourth-order valence-electron chi connectivity index (χ4n) is 0.874. The van der Waals surface area contributed by atoms with Gasteiger partial charge in [0.15, 0.2) is 0 Å². The van der Waals surface area contributed by atoms with Crippen molar-refractivity contribution < 1.29 is 9.53 Å². The number of esters is 1. The lowest BCUT2D eigenvalue weighted by Crippen LogP contribution is -2.48. The first kappa shape index (κ1) is 14.9. The normalized spacial score (nSPS) is 14.1. The van der Waals surface area contributed by atoms with Crippen LogP contribution in [0, 0.1) is 0 Å². The molecule has 0 spiro atoms. The number of nitrogens with one attached hydrogen (secondary N) is 1. The molecule has 0 heterocycles. The molecular weight excluding hydrogens is 260 g/mol. The Morgan fingerprint density at radius 1 is 1.53 bits per heavy atom. The molecule has 1 unspecified atom stereocenters. The van der Waals surface area contributed by atoms with Crippen LogP contribution in [0.25, 0.3) is 0 Å². The second-order valence-electron chi connectivity index (χ2n) is 4.33. The van der Waals surface area contributed by atoms with Crippen molar-refractivity contribution in [2.45, 2.75) is 24.2 Å². The number of carbonyl (C=O) groups excluding carboxylic acids is 1. The smallest absolute Gasteiger partial charge is 0.320 e. The fourth-order valence-corrected chi connectivity index (χ4v) is 1.29. The third-order valence-corrected chi connectivity index (χ3v) is 3.25. The van der Waals surface area contributed by atoms with E-state index in [2.05, 4.69) is 44.7 Å². The molecule has 0 aliphatic rings. The number of hydrogen-bond donors (Lipinski definition) is 1. The number of methoxy groups -OCH3 is 1. The summed E-state index contributed by atoms with van der Waals surface area (Å²) in [5.74, 6) is -0.245. The quantitative estimate of drug-likeness (QED) is 0.579. The lowest BCUT2D eigenvalue weighted by atomic mass is 10.0. The molecule has 90 valence electrons. The van der Waals surface area contributed by atoms with Gasteiger partial charge in [-0.25, -0.2) is 0 Å². The van der Waals surface area contributed by atoms with Crippen LogP contribution in [-0.4, -0.2) is 55.5 Å². The number of rotatable bonds is 6. The third-order valence-electron chi connectivity index (χ3n) is 2.55. The van der Waals surface area contributed by atoms with Crippen molar-refractivity contribution in [3.05, 3.63) is 0 Å². The van der Waals surface area contributed by atoms with Crippen molar-refractivity contribution in [1.29, 1.82) is 0 Å². The average molecular weight is 281 g/mol. The van der Waals surface area contributed by atoms with Gasteiger partial charge < -0.3 is 15.0 Å². The number of likely N-dealkylation sites (N-methyl/N-ethyl adjacent to an activating group) is 1. The van der Waals surface area contributed by atoms with Crippen molar-refractivity contribution in [1.82, 2.24) is 10.2 Å². The molecule has 5 heteroatoms. The highest BCUT2D eigenvalue weighted by atomic mass is 79.9. The molecule has 0 aromatic rings. The molecule has 15 heavy (non-hydrogen) atoms. The van der Waals surface area contributed by atoms with Gasteiger partial charge in [-0.1, -0.05) is 15.9 Å².